The van der Waals surface area contributed by atoms with Crippen LogP contribution in [0.1, 0.15) is 20.8 Å². The number of allylic oxidation sites excluding steroid dienone is 2. The van der Waals surface area contributed by atoms with Crippen molar-refractivity contribution in [2.45, 2.75) is 26.8 Å². The summed E-state index contributed by atoms with van der Waals surface area (Å²) in [5.74, 6) is 0. The van der Waals surface area contributed by atoms with Crippen LogP contribution in [0.4, 0.5) is 0 Å². The van der Waals surface area contributed by atoms with Gasteiger partial charge in [-0.1, -0.05) is 10.8 Å². The predicted octanol–water partition coefficient (Wildman–Crippen LogP) is 1.45. The molecule has 1 nitrogen and oxygen atoms in total. The first-order valence-electron chi connectivity index (χ1n) is 4.31. The lowest BCUT2D eigenvalue weighted by Gasteiger charge is -2.09. The van der Waals surface area contributed by atoms with Crippen LogP contribution in [-0.2, 0) is 0 Å². The summed E-state index contributed by atoms with van der Waals surface area (Å²) in [7, 11) is 4.37. The standard InChI is InChI=1S/C9H21NSi/c1-8(2)9(3)11-7-6-10(4)5/h6-7,11H2,1-5H3. The smallest absolute Gasteiger partial charge is 0.0503 e. The topological polar surface area (TPSA) is 3.24 Å². The van der Waals surface area contributed by atoms with Crippen molar-refractivity contribution in [3.8, 4) is 0 Å². The normalized spacial score (nSPS) is 11.5. The predicted molar refractivity (Wildman–Crippen MR) is 56.0 cm³/mol. The number of nitrogens with zero attached hydrogens (tertiary/aromatic N) is 1. The second-order valence-electron chi connectivity index (χ2n) is 3.69. The van der Waals surface area contributed by atoms with Crippen molar-refractivity contribution in [3.05, 3.63) is 10.8 Å². The van der Waals surface area contributed by atoms with Crippen LogP contribution in [0.25, 0.3) is 0 Å². The molecule has 2 heteroatoms. The van der Waals surface area contributed by atoms with Crippen molar-refractivity contribution in [2.24, 2.45) is 0 Å². The van der Waals surface area contributed by atoms with Crippen LogP contribution in [0.15, 0.2) is 10.8 Å². The maximum atomic E-state index is 2.29. The van der Waals surface area contributed by atoms with Crippen LogP contribution in [0.3, 0.4) is 0 Å². The lowest BCUT2D eigenvalue weighted by atomic mass is 10.3. The first kappa shape index (κ1) is 10.9. The molecule has 0 aliphatic rings. The van der Waals surface area contributed by atoms with E-state index in [9.17, 15) is 0 Å². The van der Waals surface area contributed by atoms with Crippen LogP contribution >= 0.6 is 0 Å². The zero-order valence-electron chi connectivity index (χ0n) is 8.57. The Hall–Kier alpha value is -0.0831. The maximum absolute atomic E-state index is 2.29. The van der Waals surface area contributed by atoms with E-state index in [1.807, 2.05) is 0 Å². The van der Waals surface area contributed by atoms with Gasteiger partial charge in [0.1, 0.15) is 0 Å². The van der Waals surface area contributed by atoms with E-state index < -0.39 is 0 Å². The van der Waals surface area contributed by atoms with E-state index in [1.165, 1.54) is 18.2 Å². The van der Waals surface area contributed by atoms with Gasteiger partial charge in [-0.2, -0.15) is 0 Å². The quantitative estimate of drug-likeness (QED) is 0.579. The van der Waals surface area contributed by atoms with Gasteiger partial charge in [0, 0.05) is 0 Å². The van der Waals surface area contributed by atoms with Crippen LogP contribution in [0, 0.1) is 0 Å². The third-order valence-corrected chi connectivity index (χ3v) is 4.14. The van der Waals surface area contributed by atoms with Gasteiger partial charge in [-0.25, -0.2) is 0 Å². The molecule has 0 rings (SSSR count). The van der Waals surface area contributed by atoms with Crippen molar-refractivity contribution < 1.29 is 0 Å². The van der Waals surface area contributed by atoms with Gasteiger partial charge in [0.25, 0.3) is 0 Å². The third kappa shape index (κ3) is 6.32. The van der Waals surface area contributed by atoms with E-state index in [0.29, 0.717) is 0 Å². The Morgan fingerprint density at radius 3 is 2.09 bits per heavy atom. The van der Waals surface area contributed by atoms with E-state index in [2.05, 4.69) is 39.8 Å². The molecule has 0 saturated heterocycles. The molecule has 0 aromatic carbocycles. The fraction of sp³-hybridized carbons (Fsp3) is 0.778. The SMILES string of the molecule is CC(C)=C(C)[SiH2]CCN(C)C. The summed E-state index contributed by atoms with van der Waals surface area (Å²) >= 11 is 0. The number of hydrogen-bond acceptors (Lipinski definition) is 1. The molecule has 66 valence electrons. The van der Waals surface area contributed by atoms with Crippen molar-refractivity contribution in [1.82, 2.24) is 4.90 Å². The summed E-state index contributed by atoms with van der Waals surface area (Å²) in [6.45, 7) is 7.99. The Labute approximate surface area is 73.3 Å². The van der Waals surface area contributed by atoms with E-state index in [-0.39, 0.29) is 9.52 Å². The second-order valence-corrected chi connectivity index (χ2v) is 5.95. The lowest BCUT2D eigenvalue weighted by Crippen LogP contribution is -2.14. The summed E-state index contributed by atoms with van der Waals surface area (Å²) in [5, 5.41) is 1.69. The second kappa shape index (κ2) is 5.55. The Morgan fingerprint density at radius 2 is 1.73 bits per heavy atom. The molecule has 0 saturated carbocycles. The van der Waals surface area contributed by atoms with Gasteiger partial charge in [0.2, 0.25) is 0 Å². The number of hydrogen-bond donors (Lipinski definition) is 0. The maximum Gasteiger partial charge on any atom is 0.0503 e. The highest BCUT2D eigenvalue weighted by Gasteiger charge is 1.94. The van der Waals surface area contributed by atoms with E-state index in [4.69, 9.17) is 0 Å². The van der Waals surface area contributed by atoms with Crippen LogP contribution < -0.4 is 0 Å². The molecule has 0 atom stereocenters. The Bertz CT molecular complexity index is 134. The molecule has 0 aliphatic carbocycles. The zero-order valence-corrected chi connectivity index (χ0v) is 9.98. The van der Waals surface area contributed by atoms with Gasteiger partial charge < -0.3 is 4.90 Å². The molecule has 0 unspecified atom stereocenters. The molecule has 0 bridgehead atoms. The van der Waals surface area contributed by atoms with Crippen molar-refractivity contribution in [2.75, 3.05) is 20.6 Å². The fourth-order valence-corrected chi connectivity index (χ4v) is 2.73. The van der Waals surface area contributed by atoms with Crippen LogP contribution in [-0.4, -0.2) is 35.1 Å². The molecular weight excluding hydrogens is 150 g/mol. The minimum atomic E-state index is 0.0834. The van der Waals surface area contributed by atoms with Gasteiger partial charge >= 0.3 is 0 Å². The summed E-state index contributed by atoms with van der Waals surface area (Å²) in [6.07, 6.45) is 0. The molecular formula is C9H21NSi. The molecule has 0 aliphatic heterocycles. The first-order valence-corrected chi connectivity index (χ1v) is 6.02. The molecule has 0 N–H and O–H groups in total. The molecule has 0 aromatic heterocycles. The van der Waals surface area contributed by atoms with E-state index >= 15 is 0 Å². The summed E-state index contributed by atoms with van der Waals surface area (Å²) in [4.78, 5) is 2.27. The van der Waals surface area contributed by atoms with Crippen molar-refractivity contribution in [3.63, 3.8) is 0 Å². The van der Waals surface area contributed by atoms with Gasteiger partial charge in [0.05, 0.1) is 9.52 Å². The first-order chi connectivity index (χ1) is 5.04. The van der Waals surface area contributed by atoms with Crippen LogP contribution in [0.5, 0.6) is 0 Å². The average Bonchev–Trinajstić information content (AvgIpc) is 1.86. The average molecular weight is 171 g/mol. The van der Waals surface area contributed by atoms with Gasteiger partial charge in [0.15, 0.2) is 0 Å². The summed E-state index contributed by atoms with van der Waals surface area (Å²) in [6, 6.07) is 1.42. The zero-order chi connectivity index (χ0) is 8.85. The number of rotatable bonds is 4. The minimum absolute atomic E-state index is 0.0834. The highest BCUT2D eigenvalue weighted by atomic mass is 28.2. The molecule has 0 heterocycles. The van der Waals surface area contributed by atoms with Gasteiger partial charge in [-0.05, 0) is 47.5 Å². The van der Waals surface area contributed by atoms with Crippen LogP contribution in [0.2, 0.25) is 6.04 Å². The molecule has 0 spiro atoms. The lowest BCUT2D eigenvalue weighted by molar-refractivity contribution is 0.433. The Kier molecular flexibility index (Phi) is 5.51. The summed E-state index contributed by atoms with van der Waals surface area (Å²) in [5.41, 5.74) is 1.54. The van der Waals surface area contributed by atoms with E-state index in [1.54, 1.807) is 5.20 Å². The van der Waals surface area contributed by atoms with Crippen molar-refractivity contribution >= 4 is 9.52 Å². The molecule has 11 heavy (non-hydrogen) atoms. The molecule has 0 amide bonds. The third-order valence-electron chi connectivity index (χ3n) is 2.01. The summed E-state index contributed by atoms with van der Waals surface area (Å²) < 4.78 is 0. The Morgan fingerprint density at radius 1 is 1.18 bits per heavy atom. The van der Waals surface area contributed by atoms with Gasteiger partial charge in [-0.15, -0.1) is 0 Å². The Balaban J connectivity index is 3.48. The molecule has 0 fully saturated rings. The molecule has 0 aromatic rings. The highest BCUT2D eigenvalue weighted by molar-refractivity contribution is 6.45. The van der Waals surface area contributed by atoms with Crippen molar-refractivity contribution in [1.29, 1.82) is 0 Å². The highest BCUT2D eigenvalue weighted by Crippen LogP contribution is 2.01. The van der Waals surface area contributed by atoms with Gasteiger partial charge in [-0.3, -0.25) is 0 Å². The van der Waals surface area contributed by atoms with E-state index in [0.717, 1.165) is 0 Å². The minimum Gasteiger partial charge on any atom is -0.310 e. The largest absolute Gasteiger partial charge is 0.310 e. The fourth-order valence-electron chi connectivity index (χ4n) is 0.910. The monoisotopic (exact) mass is 171 g/mol. The molecule has 0 radical (unpaired) electrons.